The predicted molar refractivity (Wildman–Crippen MR) is 84.6 cm³/mol. The number of aryl methyl sites for hydroxylation is 2. The van der Waals surface area contributed by atoms with E-state index in [9.17, 15) is 10.1 Å². The first-order valence-corrected chi connectivity index (χ1v) is 6.65. The largest absolute Gasteiger partial charge is 0.321 e. The van der Waals surface area contributed by atoms with Crippen LogP contribution in [0.25, 0.3) is 6.08 Å². The lowest BCUT2D eigenvalue weighted by Crippen LogP contribution is -2.13. The summed E-state index contributed by atoms with van der Waals surface area (Å²) in [7, 11) is 0. The Kier molecular flexibility index (Phi) is 4.53. The zero-order valence-electron chi connectivity index (χ0n) is 12.1. The average Bonchev–Trinajstić information content (AvgIpc) is 2.44. The molecule has 3 nitrogen and oxygen atoms in total. The second-order valence-electron chi connectivity index (χ2n) is 4.91. The van der Waals surface area contributed by atoms with Crippen molar-refractivity contribution in [2.45, 2.75) is 13.8 Å². The molecular formula is C18H16N2O. The van der Waals surface area contributed by atoms with Crippen LogP contribution in [0.4, 0.5) is 5.69 Å². The summed E-state index contributed by atoms with van der Waals surface area (Å²) in [6.07, 6.45) is 1.60. The van der Waals surface area contributed by atoms with Crippen LogP contribution in [0, 0.1) is 25.2 Å². The van der Waals surface area contributed by atoms with E-state index < -0.39 is 5.91 Å². The Morgan fingerprint density at radius 1 is 1.10 bits per heavy atom. The second kappa shape index (κ2) is 6.53. The Morgan fingerprint density at radius 3 is 2.38 bits per heavy atom. The number of anilines is 1. The number of nitrogens with zero attached hydrogens (tertiary/aromatic N) is 1. The third kappa shape index (κ3) is 4.05. The molecule has 2 aromatic carbocycles. The standard InChI is InChI=1S/C18H16N2O/c1-13-5-3-7-15(9-13)11-16(12-19)18(21)20-17-8-4-6-14(2)10-17/h3-11H,1-2H3,(H,20,21)/b16-11-. The van der Waals surface area contributed by atoms with Crippen LogP contribution in [0.3, 0.4) is 0 Å². The Balaban J connectivity index is 2.21. The van der Waals surface area contributed by atoms with Gasteiger partial charge in [0.05, 0.1) is 0 Å². The van der Waals surface area contributed by atoms with Gasteiger partial charge < -0.3 is 5.32 Å². The molecule has 0 spiro atoms. The number of hydrogen-bond acceptors (Lipinski definition) is 2. The lowest BCUT2D eigenvalue weighted by atomic mass is 10.1. The van der Waals surface area contributed by atoms with Crippen molar-refractivity contribution in [1.82, 2.24) is 0 Å². The van der Waals surface area contributed by atoms with Gasteiger partial charge in [-0.3, -0.25) is 4.79 Å². The van der Waals surface area contributed by atoms with Gasteiger partial charge in [-0.1, -0.05) is 42.0 Å². The summed E-state index contributed by atoms with van der Waals surface area (Å²) < 4.78 is 0. The summed E-state index contributed by atoms with van der Waals surface area (Å²) in [5.41, 5.74) is 3.74. The van der Waals surface area contributed by atoms with Gasteiger partial charge in [-0.2, -0.15) is 5.26 Å². The summed E-state index contributed by atoms with van der Waals surface area (Å²) >= 11 is 0. The van der Waals surface area contributed by atoms with Crippen molar-refractivity contribution in [1.29, 1.82) is 5.26 Å². The van der Waals surface area contributed by atoms with E-state index in [0.717, 1.165) is 16.7 Å². The highest BCUT2D eigenvalue weighted by Crippen LogP contribution is 2.13. The van der Waals surface area contributed by atoms with Crippen LogP contribution in [-0.4, -0.2) is 5.91 Å². The van der Waals surface area contributed by atoms with Crippen LogP contribution < -0.4 is 5.32 Å². The zero-order valence-corrected chi connectivity index (χ0v) is 12.1. The van der Waals surface area contributed by atoms with Gasteiger partial charge in [0.1, 0.15) is 11.6 Å². The highest BCUT2D eigenvalue weighted by molar-refractivity contribution is 6.09. The maximum atomic E-state index is 12.1. The van der Waals surface area contributed by atoms with E-state index in [1.54, 1.807) is 12.1 Å². The van der Waals surface area contributed by atoms with E-state index in [1.165, 1.54) is 0 Å². The first-order chi connectivity index (χ1) is 10.1. The minimum absolute atomic E-state index is 0.0853. The average molecular weight is 276 g/mol. The molecule has 0 radical (unpaired) electrons. The van der Waals surface area contributed by atoms with E-state index in [2.05, 4.69) is 5.32 Å². The molecule has 0 saturated carbocycles. The second-order valence-corrected chi connectivity index (χ2v) is 4.91. The van der Waals surface area contributed by atoms with Crippen LogP contribution in [0.2, 0.25) is 0 Å². The molecule has 0 fully saturated rings. The molecule has 0 aliphatic heterocycles. The molecule has 1 amide bonds. The van der Waals surface area contributed by atoms with Crippen molar-refractivity contribution in [3.8, 4) is 6.07 Å². The van der Waals surface area contributed by atoms with E-state index in [1.807, 2.05) is 62.4 Å². The molecular weight excluding hydrogens is 260 g/mol. The molecule has 2 aromatic rings. The highest BCUT2D eigenvalue weighted by atomic mass is 16.1. The summed E-state index contributed by atoms with van der Waals surface area (Å²) in [5.74, 6) is -0.399. The lowest BCUT2D eigenvalue weighted by molar-refractivity contribution is -0.112. The molecule has 0 aliphatic carbocycles. The predicted octanol–water partition coefficient (Wildman–Crippen LogP) is 3.85. The van der Waals surface area contributed by atoms with E-state index in [4.69, 9.17) is 0 Å². The van der Waals surface area contributed by atoms with Crippen molar-refractivity contribution < 1.29 is 4.79 Å². The first-order valence-electron chi connectivity index (χ1n) is 6.65. The molecule has 0 bridgehead atoms. The van der Waals surface area contributed by atoms with Crippen LogP contribution >= 0.6 is 0 Å². The summed E-state index contributed by atoms with van der Waals surface area (Å²) in [6.45, 7) is 3.92. The summed E-state index contributed by atoms with van der Waals surface area (Å²) in [5, 5.41) is 11.9. The van der Waals surface area contributed by atoms with Crippen molar-refractivity contribution in [2.24, 2.45) is 0 Å². The monoisotopic (exact) mass is 276 g/mol. The molecule has 0 aliphatic rings. The minimum Gasteiger partial charge on any atom is -0.321 e. The van der Waals surface area contributed by atoms with Crippen molar-refractivity contribution in [3.05, 3.63) is 70.8 Å². The first kappa shape index (κ1) is 14.5. The van der Waals surface area contributed by atoms with E-state index >= 15 is 0 Å². The van der Waals surface area contributed by atoms with Crippen molar-refractivity contribution >= 4 is 17.7 Å². The minimum atomic E-state index is -0.399. The molecule has 21 heavy (non-hydrogen) atoms. The van der Waals surface area contributed by atoms with Crippen LogP contribution in [0.5, 0.6) is 0 Å². The van der Waals surface area contributed by atoms with Gasteiger partial charge in [-0.15, -0.1) is 0 Å². The van der Waals surface area contributed by atoms with Crippen LogP contribution in [0.1, 0.15) is 16.7 Å². The van der Waals surface area contributed by atoms with Crippen LogP contribution in [-0.2, 0) is 4.79 Å². The summed E-state index contributed by atoms with van der Waals surface area (Å²) in [6, 6.07) is 17.1. The van der Waals surface area contributed by atoms with Gasteiger partial charge in [0, 0.05) is 5.69 Å². The number of hydrogen-bond donors (Lipinski definition) is 1. The number of benzene rings is 2. The Morgan fingerprint density at radius 2 is 1.76 bits per heavy atom. The SMILES string of the molecule is Cc1cccc(/C=C(/C#N)C(=O)Nc2cccc(C)c2)c1. The fourth-order valence-corrected chi connectivity index (χ4v) is 2.00. The molecule has 0 aromatic heterocycles. The zero-order chi connectivity index (χ0) is 15.2. The topological polar surface area (TPSA) is 52.9 Å². The number of nitriles is 1. The maximum absolute atomic E-state index is 12.1. The quantitative estimate of drug-likeness (QED) is 0.684. The Bertz CT molecular complexity index is 739. The molecule has 3 heteroatoms. The third-order valence-electron chi connectivity index (χ3n) is 2.99. The van der Waals surface area contributed by atoms with Gasteiger partial charge in [-0.05, 0) is 43.2 Å². The number of carbonyl (C=O) groups excluding carboxylic acids is 1. The maximum Gasteiger partial charge on any atom is 0.266 e. The van der Waals surface area contributed by atoms with Crippen LogP contribution in [0.15, 0.2) is 54.1 Å². The Labute approximate surface area is 124 Å². The molecule has 0 saturated heterocycles. The number of carbonyl (C=O) groups is 1. The van der Waals surface area contributed by atoms with Gasteiger partial charge >= 0.3 is 0 Å². The highest BCUT2D eigenvalue weighted by Gasteiger charge is 2.09. The van der Waals surface area contributed by atoms with Gasteiger partial charge in [0.25, 0.3) is 5.91 Å². The summed E-state index contributed by atoms with van der Waals surface area (Å²) in [4.78, 5) is 12.1. The number of rotatable bonds is 3. The van der Waals surface area contributed by atoms with Gasteiger partial charge in [0.15, 0.2) is 0 Å². The van der Waals surface area contributed by atoms with Crippen molar-refractivity contribution in [3.63, 3.8) is 0 Å². The fourth-order valence-electron chi connectivity index (χ4n) is 2.00. The van der Waals surface area contributed by atoms with Crippen molar-refractivity contribution in [2.75, 3.05) is 5.32 Å². The van der Waals surface area contributed by atoms with E-state index in [0.29, 0.717) is 5.69 Å². The molecule has 2 rings (SSSR count). The van der Waals surface area contributed by atoms with E-state index in [-0.39, 0.29) is 5.57 Å². The molecule has 104 valence electrons. The lowest BCUT2D eigenvalue weighted by Gasteiger charge is -2.05. The van der Waals surface area contributed by atoms with Gasteiger partial charge in [-0.25, -0.2) is 0 Å². The third-order valence-corrected chi connectivity index (χ3v) is 2.99. The number of amides is 1. The molecule has 0 heterocycles. The molecule has 1 N–H and O–H groups in total. The molecule has 0 atom stereocenters. The Hall–Kier alpha value is -2.86. The molecule has 0 unspecified atom stereocenters. The van der Waals surface area contributed by atoms with Gasteiger partial charge in [0.2, 0.25) is 0 Å². The fraction of sp³-hybridized carbons (Fsp3) is 0.111. The smallest absolute Gasteiger partial charge is 0.266 e. The normalized spacial score (nSPS) is 10.8. The number of nitrogens with one attached hydrogen (secondary N) is 1.